The summed E-state index contributed by atoms with van der Waals surface area (Å²) < 4.78 is 24.5. The van der Waals surface area contributed by atoms with E-state index in [1.807, 2.05) is 0 Å². The molecule has 1 N–H and O–H groups in total. The number of rotatable bonds is 3. The van der Waals surface area contributed by atoms with Crippen molar-refractivity contribution < 1.29 is 13.2 Å². The lowest BCUT2D eigenvalue weighted by Crippen LogP contribution is -2.47. The lowest BCUT2D eigenvalue weighted by atomic mass is 10.3. The van der Waals surface area contributed by atoms with Crippen molar-refractivity contribution in [3.63, 3.8) is 0 Å². The van der Waals surface area contributed by atoms with Gasteiger partial charge in [-0.1, -0.05) is 0 Å². The Morgan fingerprint density at radius 2 is 1.83 bits per heavy atom. The molecule has 2 saturated heterocycles. The third kappa shape index (κ3) is 3.81. The highest BCUT2D eigenvalue weighted by Gasteiger charge is 2.28. The molecule has 0 spiro atoms. The smallest absolute Gasteiger partial charge is 0.223 e. The van der Waals surface area contributed by atoms with Gasteiger partial charge in [0, 0.05) is 45.7 Å². The van der Waals surface area contributed by atoms with Crippen LogP contribution in [0.4, 0.5) is 0 Å². The first kappa shape index (κ1) is 15.7. The second-order valence-corrected chi connectivity index (χ2v) is 6.54. The van der Waals surface area contributed by atoms with E-state index in [2.05, 4.69) is 5.32 Å². The van der Waals surface area contributed by atoms with Crippen LogP contribution in [0.15, 0.2) is 0 Å². The molecule has 0 atom stereocenters. The molecule has 8 heteroatoms. The molecule has 6 nitrogen and oxygen atoms in total. The van der Waals surface area contributed by atoms with Crippen molar-refractivity contribution in [3.8, 4) is 0 Å². The summed E-state index contributed by atoms with van der Waals surface area (Å²) >= 11 is 0. The number of hydrogen-bond acceptors (Lipinski definition) is 4. The molecule has 106 valence electrons. The lowest BCUT2D eigenvalue weighted by molar-refractivity contribution is -0.131. The summed E-state index contributed by atoms with van der Waals surface area (Å²) in [5, 5.41) is 3.18. The van der Waals surface area contributed by atoms with Gasteiger partial charge in [0.15, 0.2) is 0 Å². The molecule has 2 aliphatic heterocycles. The Labute approximate surface area is 114 Å². The quantitative estimate of drug-likeness (QED) is 0.745. The Bertz CT molecular complexity index is 382. The number of nitrogens with one attached hydrogen (secondary N) is 1. The molecule has 0 aromatic carbocycles. The van der Waals surface area contributed by atoms with Crippen LogP contribution in [0, 0.1) is 0 Å². The Morgan fingerprint density at radius 1 is 1.17 bits per heavy atom. The Kier molecular flexibility index (Phi) is 5.84. The molecule has 2 aliphatic rings. The van der Waals surface area contributed by atoms with Gasteiger partial charge in [-0.25, -0.2) is 12.7 Å². The molecule has 0 unspecified atom stereocenters. The van der Waals surface area contributed by atoms with Gasteiger partial charge >= 0.3 is 0 Å². The van der Waals surface area contributed by atoms with Gasteiger partial charge in [0.05, 0.1) is 5.75 Å². The lowest BCUT2D eigenvalue weighted by Gasteiger charge is -2.28. The van der Waals surface area contributed by atoms with Gasteiger partial charge in [0.2, 0.25) is 15.9 Å². The molecule has 0 bridgehead atoms. The SMILES string of the molecule is Cl.O=C(CCN1CCCS1(=O)=O)N1CCNCC1. The van der Waals surface area contributed by atoms with Gasteiger partial charge in [-0.2, -0.15) is 0 Å². The van der Waals surface area contributed by atoms with Crippen molar-refractivity contribution in [1.29, 1.82) is 0 Å². The number of halogens is 1. The highest BCUT2D eigenvalue weighted by molar-refractivity contribution is 7.89. The van der Waals surface area contributed by atoms with Gasteiger partial charge in [-0.05, 0) is 6.42 Å². The van der Waals surface area contributed by atoms with E-state index in [4.69, 9.17) is 0 Å². The van der Waals surface area contributed by atoms with Gasteiger partial charge in [-0.15, -0.1) is 12.4 Å². The number of nitrogens with zero attached hydrogens (tertiary/aromatic N) is 2. The van der Waals surface area contributed by atoms with Gasteiger partial charge < -0.3 is 10.2 Å². The normalized spacial score (nSPS) is 23.7. The molecule has 0 aromatic rings. The van der Waals surface area contributed by atoms with Gasteiger partial charge in [-0.3, -0.25) is 4.79 Å². The van der Waals surface area contributed by atoms with Crippen molar-refractivity contribution in [3.05, 3.63) is 0 Å². The number of carbonyl (C=O) groups excluding carboxylic acids is 1. The second-order valence-electron chi connectivity index (χ2n) is 4.45. The van der Waals surface area contributed by atoms with E-state index >= 15 is 0 Å². The van der Waals surface area contributed by atoms with Crippen LogP contribution in [-0.4, -0.2) is 68.6 Å². The molecule has 2 fully saturated rings. The first-order valence-corrected chi connectivity index (χ1v) is 7.67. The van der Waals surface area contributed by atoms with Crippen molar-refractivity contribution in [2.24, 2.45) is 0 Å². The van der Waals surface area contributed by atoms with E-state index < -0.39 is 10.0 Å². The van der Waals surface area contributed by atoms with Crippen LogP contribution >= 0.6 is 12.4 Å². The van der Waals surface area contributed by atoms with E-state index in [0.717, 1.165) is 26.2 Å². The number of piperazine rings is 1. The maximum absolute atomic E-state index is 11.8. The summed E-state index contributed by atoms with van der Waals surface area (Å²) in [5.41, 5.74) is 0. The van der Waals surface area contributed by atoms with Crippen molar-refractivity contribution in [2.45, 2.75) is 12.8 Å². The van der Waals surface area contributed by atoms with E-state index in [0.29, 0.717) is 25.9 Å². The van der Waals surface area contributed by atoms with E-state index in [1.165, 1.54) is 4.31 Å². The molecule has 18 heavy (non-hydrogen) atoms. The van der Waals surface area contributed by atoms with E-state index in [-0.39, 0.29) is 24.1 Å². The summed E-state index contributed by atoms with van der Waals surface area (Å²) in [5.74, 6) is 0.294. The zero-order valence-corrected chi connectivity index (χ0v) is 11.9. The summed E-state index contributed by atoms with van der Waals surface area (Å²) in [7, 11) is -3.06. The zero-order chi connectivity index (χ0) is 12.3. The summed E-state index contributed by atoms with van der Waals surface area (Å²) in [4.78, 5) is 13.6. The first-order chi connectivity index (χ1) is 8.09. The summed E-state index contributed by atoms with van der Waals surface area (Å²) in [6.45, 7) is 4.01. The number of sulfonamides is 1. The molecular formula is C10H20ClN3O3S. The van der Waals surface area contributed by atoms with E-state index in [9.17, 15) is 13.2 Å². The fourth-order valence-electron chi connectivity index (χ4n) is 2.24. The highest BCUT2D eigenvalue weighted by atomic mass is 35.5. The third-order valence-electron chi connectivity index (χ3n) is 3.25. The molecule has 0 aliphatic carbocycles. The fourth-order valence-corrected chi connectivity index (χ4v) is 3.76. The highest BCUT2D eigenvalue weighted by Crippen LogP contribution is 2.13. The topological polar surface area (TPSA) is 69.7 Å². The average molecular weight is 298 g/mol. The standard InChI is InChI=1S/C10H19N3O3S.ClH/c14-10(12-7-3-11-4-8-12)2-6-13-5-1-9-17(13,15)16;/h11H,1-9H2;1H. The largest absolute Gasteiger partial charge is 0.340 e. The van der Waals surface area contributed by atoms with E-state index in [1.54, 1.807) is 4.90 Å². The monoisotopic (exact) mass is 297 g/mol. The van der Waals surface area contributed by atoms with Crippen molar-refractivity contribution in [1.82, 2.24) is 14.5 Å². The van der Waals surface area contributed by atoms with Crippen LogP contribution in [0.2, 0.25) is 0 Å². The predicted molar refractivity (Wildman–Crippen MR) is 71.3 cm³/mol. The number of carbonyl (C=O) groups is 1. The third-order valence-corrected chi connectivity index (χ3v) is 5.20. The minimum atomic E-state index is -3.06. The van der Waals surface area contributed by atoms with Gasteiger partial charge in [0.1, 0.15) is 0 Å². The molecule has 1 amide bonds. The minimum absolute atomic E-state index is 0. The Morgan fingerprint density at radius 3 is 2.39 bits per heavy atom. The first-order valence-electron chi connectivity index (χ1n) is 6.06. The van der Waals surface area contributed by atoms with Crippen molar-refractivity contribution >= 4 is 28.3 Å². The molecule has 2 rings (SSSR count). The maximum Gasteiger partial charge on any atom is 0.223 e. The number of amides is 1. The van der Waals surface area contributed by atoms with Crippen LogP contribution < -0.4 is 5.32 Å². The molecule has 0 radical (unpaired) electrons. The molecule has 2 heterocycles. The van der Waals surface area contributed by atoms with Crippen LogP contribution in [0.25, 0.3) is 0 Å². The van der Waals surface area contributed by atoms with Crippen LogP contribution in [0.1, 0.15) is 12.8 Å². The fraction of sp³-hybridized carbons (Fsp3) is 0.900. The average Bonchev–Trinajstić information content (AvgIpc) is 2.66. The van der Waals surface area contributed by atoms with Crippen LogP contribution in [0.3, 0.4) is 0 Å². The zero-order valence-electron chi connectivity index (χ0n) is 10.3. The number of hydrogen-bond donors (Lipinski definition) is 1. The Balaban J connectivity index is 0.00000162. The maximum atomic E-state index is 11.8. The van der Waals surface area contributed by atoms with Crippen molar-refractivity contribution in [2.75, 3.05) is 45.0 Å². The summed E-state index contributed by atoms with van der Waals surface area (Å²) in [6.07, 6.45) is 0.989. The van der Waals surface area contributed by atoms with Crippen LogP contribution in [-0.2, 0) is 14.8 Å². The van der Waals surface area contributed by atoms with Gasteiger partial charge in [0.25, 0.3) is 0 Å². The molecule has 0 saturated carbocycles. The Hall–Kier alpha value is -0.370. The minimum Gasteiger partial charge on any atom is -0.340 e. The second kappa shape index (κ2) is 6.70. The molecule has 0 aromatic heterocycles. The predicted octanol–water partition coefficient (Wildman–Crippen LogP) is -0.734. The molecular weight excluding hydrogens is 278 g/mol. The summed E-state index contributed by atoms with van der Waals surface area (Å²) in [6, 6.07) is 0. The van der Waals surface area contributed by atoms with Crippen LogP contribution in [0.5, 0.6) is 0 Å².